The number of aromatic nitrogens is 2. The maximum absolute atomic E-state index is 12.8. The van der Waals surface area contributed by atoms with Crippen molar-refractivity contribution in [1.29, 1.82) is 0 Å². The number of carbonyl (C=O) groups is 1. The maximum Gasteiger partial charge on any atom is 0.247 e. The third-order valence-electron chi connectivity index (χ3n) is 7.40. The van der Waals surface area contributed by atoms with Crippen molar-refractivity contribution in [3.8, 4) is 11.6 Å². The summed E-state index contributed by atoms with van der Waals surface area (Å²) in [4.78, 5) is 27.7. The fourth-order valence-electron chi connectivity index (χ4n) is 5.21. The van der Waals surface area contributed by atoms with Gasteiger partial charge in [0.25, 0.3) is 0 Å². The number of carbonyl (C=O) groups excluding carboxylic acids is 1. The van der Waals surface area contributed by atoms with Crippen molar-refractivity contribution in [2.75, 3.05) is 76.1 Å². The monoisotopic (exact) mass is 575 g/mol. The fourth-order valence-corrected chi connectivity index (χ4v) is 5.34. The van der Waals surface area contributed by atoms with Crippen LogP contribution in [0.5, 0.6) is 11.6 Å². The first-order valence-corrected chi connectivity index (χ1v) is 14.0. The van der Waals surface area contributed by atoms with Crippen LogP contribution in [0.1, 0.15) is 25.7 Å². The number of hydrogen-bond donors (Lipinski definition) is 2. The Hall–Kier alpha value is -3.15. The number of piperidine rings is 2. The van der Waals surface area contributed by atoms with Crippen molar-refractivity contribution < 1.29 is 18.7 Å². The Labute approximate surface area is 240 Å². The smallest absolute Gasteiger partial charge is 0.247 e. The Balaban J connectivity index is 1.57. The third-order valence-corrected chi connectivity index (χ3v) is 7.66. The molecule has 12 heteroatoms. The van der Waals surface area contributed by atoms with Crippen LogP contribution in [0.2, 0.25) is 5.02 Å². The van der Waals surface area contributed by atoms with E-state index >= 15 is 0 Å². The number of nitrogens with one attached hydrogen (secondary N) is 2. The van der Waals surface area contributed by atoms with Crippen LogP contribution in [0.25, 0.3) is 0 Å². The molecule has 0 aliphatic carbocycles. The lowest BCUT2D eigenvalue weighted by atomic mass is 10.0. The number of amides is 1. The van der Waals surface area contributed by atoms with Gasteiger partial charge < -0.3 is 29.9 Å². The molecule has 2 fully saturated rings. The number of methoxy groups -OCH3 is 1. The Kier molecular flexibility index (Phi) is 10.4. The van der Waals surface area contributed by atoms with E-state index in [2.05, 4.69) is 51.1 Å². The molecule has 2 saturated heterocycles. The second-order valence-corrected chi connectivity index (χ2v) is 10.7. The van der Waals surface area contributed by atoms with Crippen LogP contribution in [-0.4, -0.2) is 98.4 Å². The van der Waals surface area contributed by atoms with Gasteiger partial charge in [0.15, 0.2) is 0 Å². The highest BCUT2D eigenvalue weighted by molar-refractivity contribution is 6.31. The molecule has 0 radical (unpaired) electrons. The van der Waals surface area contributed by atoms with Gasteiger partial charge in [-0.15, -0.1) is 0 Å². The molecule has 0 saturated carbocycles. The Morgan fingerprint density at radius 3 is 2.70 bits per heavy atom. The lowest BCUT2D eigenvalue weighted by Crippen LogP contribution is -2.42. The molecule has 1 amide bonds. The number of hydrogen-bond acceptors (Lipinski definition) is 9. The zero-order valence-corrected chi connectivity index (χ0v) is 24.2. The molecule has 2 N–H and O–H groups in total. The molecule has 2 aromatic rings. The first-order chi connectivity index (χ1) is 19.3. The van der Waals surface area contributed by atoms with Crippen LogP contribution >= 0.6 is 11.6 Å². The SMILES string of the molecule is C=CC(=O)Nc1cc(Nc2ncc(Cl)c(OC3CCCN(CCF)C3)n2)c(OC)cc1N1CCC(N(C)C)CC1. The van der Waals surface area contributed by atoms with Crippen molar-refractivity contribution in [1.82, 2.24) is 19.8 Å². The molecule has 10 nitrogen and oxygen atoms in total. The second-order valence-electron chi connectivity index (χ2n) is 10.3. The predicted molar refractivity (Wildman–Crippen MR) is 157 cm³/mol. The Bertz CT molecular complexity index is 1170. The third kappa shape index (κ3) is 7.52. The standard InChI is InChI=1S/C28H39ClFN7O3/c1-5-26(38)32-22-15-23(25(39-4)16-24(22)37-12-8-19(9-13-37)35(2)3)33-28-31-17-21(29)27(34-28)40-20-7-6-11-36(18-20)14-10-30/h5,15-17,19-20H,1,6-14,18H2,2-4H3,(H,32,38)(H,31,33,34). The number of likely N-dealkylation sites (tertiary alicyclic amines) is 1. The molecule has 1 unspecified atom stereocenters. The first kappa shape index (κ1) is 29.8. The van der Waals surface area contributed by atoms with Gasteiger partial charge in [0.1, 0.15) is 23.6 Å². The second kappa shape index (κ2) is 14.0. The Morgan fingerprint density at radius 2 is 2.02 bits per heavy atom. The molecule has 2 aliphatic rings. The van der Waals surface area contributed by atoms with Crippen molar-refractivity contribution in [3.63, 3.8) is 0 Å². The minimum Gasteiger partial charge on any atom is -0.494 e. The summed E-state index contributed by atoms with van der Waals surface area (Å²) in [6.45, 7) is 6.75. The number of benzene rings is 1. The molecule has 0 spiro atoms. The number of nitrogens with zero attached hydrogens (tertiary/aromatic N) is 5. The molecule has 2 aliphatic heterocycles. The van der Waals surface area contributed by atoms with Gasteiger partial charge in [-0.25, -0.2) is 9.37 Å². The highest BCUT2D eigenvalue weighted by Crippen LogP contribution is 2.39. The van der Waals surface area contributed by atoms with E-state index in [-0.39, 0.29) is 35.5 Å². The van der Waals surface area contributed by atoms with E-state index in [0.717, 1.165) is 51.0 Å². The summed E-state index contributed by atoms with van der Waals surface area (Å²) >= 11 is 6.37. The summed E-state index contributed by atoms with van der Waals surface area (Å²) in [5, 5.41) is 6.42. The van der Waals surface area contributed by atoms with E-state index in [4.69, 9.17) is 21.1 Å². The molecule has 3 heterocycles. The number of halogens is 2. The van der Waals surface area contributed by atoms with Gasteiger partial charge in [-0.05, 0) is 58.5 Å². The molecule has 1 aromatic heterocycles. The quantitative estimate of drug-likeness (QED) is 0.379. The van der Waals surface area contributed by atoms with Gasteiger partial charge in [0, 0.05) is 38.3 Å². The average Bonchev–Trinajstić information content (AvgIpc) is 2.95. The van der Waals surface area contributed by atoms with Gasteiger partial charge in [0.2, 0.25) is 17.7 Å². The highest BCUT2D eigenvalue weighted by Gasteiger charge is 2.25. The van der Waals surface area contributed by atoms with Crippen LogP contribution in [-0.2, 0) is 4.79 Å². The minimum absolute atomic E-state index is 0.147. The van der Waals surface area contributed by atoms with Gasteiger partial charge in [-0.3, -0.25) is 9.69 Å². The van der Waals surface area contributed by atoms with E-state index in [1.54, 1.807) is 7.11 Å². The van der Waals surface area contributed by atoms with Crippen LogP contribution in [0.4, 0.5) is 27.4 Å². The van der Waals surface area contributed by atoms with Crippen molar-refractivity contribution in [2.45, 2.75) is 37.8 Å². The normalized spacial score (nSPS) is 18.4. The molecule has 40 heavy (non-hydrogen) atoms. The fraction of sp³-hybridized carbons (Fsp3) is 0.536. The van der Waals surface area contributed by atoms with E-state index < -0.39 is 0 Å². The molecule has 4 rings (SSSR count). The summed E-state index contributed by atoms with van der Waals surface area (Å²) in [7, 11) is 5.80. The summed E-state index contributed by atoms with van der Waals surface area (Å²) in [5.74, 6) is 0.769. The van der Waals surface area contributed by atoms with Crippen molar-refractivity contribution in [3.05, 3.63) is 36.0 Å². The van der Waals surface area contributed by atoms with E-state index in [1.165, 1.54) is 12.3 Å². The van der Waals surface area contributed by atoms with Crippen LogP contribution < -0.4 is 25.0 Å². The number of alkyl halides is 1. The number of rotatable bonds is 11. The molecular weight excluding hydrogens is 537 g/mol. The molecular formula is C28H39ClFN7O3. The molecule has 0 bridgehead atoms. The van der Waals surface area contributed by atoms with Gasteiger partial charge in [-0.1, -0.05) is 18.2 Å². The Morgan fingerprint density at radius 1 is 1.25 bits per heavy atom. The highest BCUT2D eigenvalue weighted by atomic mass is 35.5. The largest absolute Gasteiger partial charge is 0.494 e. The van der Waals surface area contributed by atoms with E-state index in [1.807, 2.05) is 17.0 Å². The van der Waals surface area contributed by atoms with Gasteiger partial charge >= 0.3 is 0 Å². The molecule has 218 valence electrons. The van der Waals surface area contributed by atoms with Gasteiger partial charge in [-0.2, -0.15) is 4.98 Å². The van der Waals surface area contributed by atoms with Crippen LogP contribution in [0, 0.1) is 0 Å². The minimum atomic E-state index is -0.390. The van der Waals surface area contributed by atoms with Gasteiger partial charge in [0.05, 0.1) is 30.4 Å². The summed E-state index contributed by atoms with van der Waals surface area (Å²) < 4.78 is 24.7. The summed E-state index contributed by atoms with van der Waals surface area (Å²) in [5.41, 5.74) is 2.05. The maximum atomic E-state index is 12.8. The topological polar surface area (TPSA) is 95.1 Å². The van der Waals surface area contributed by atoms with Crippen molar-refractivity contribution >= 4 is 40.5 Å². The van der Waals surface area contributed by atoms with Crippen molar-refractivity contribution in [2.24, 2.45) is 0 Å². The predicted octanol–water partition coefficient (Wildman–Crippen LogP) is 4.35. The zero-order valence-electron chi connectivity index (χ0n) is 23.5. The van der Waals surface area contributed by atoms with Crippen LogP contribution in [0.3, 0.4) is 0 Å². The molecule has 1 atom stereocenters. The number of anilines is 4. The number of ether oxygens (including phenoxy) is 2. The average molecular weight is 576 g/mol. The van der Waals surface area contributed by atoms with E-state index in [0.29, 0.717) is 36.3 Å². The zero-order chi connectivity index (χ0) is 28.6. The first-order valence-electron chi connectivity index (χ1n) is 13.6. The lowest BCUT2D eigenvalue weighted by molar-refractivity contribution is -0.111. The summed E-state index contributed by atoms with van der Waals surface area (Å²) in [6, 6.07) is 4.23. The lowest BCUT2D eigenvalue weighted by Gasteiger charge is -2.37. The van der Waals surface area contributed by atoms with Crippen LogP contribution in [0.15, 0.2) is 31.0 Å². The molecule has 1 aromatic carbocycles. The summed E-state index contributed by atoms with van der Waals surface area (Å²) in [6.07, 6.45) is 6.34. The van der Waals surface area contributed by atoms with E-state index in [9.17, 15) is 9.18 Å².